The summed E-state index contributed by atoms with van der Waals surface area (Å²) < 4.78 is 0. The molecule has 0 unspecified atom stereocenters. The van der Waals surface area contributed by atoms with Crippen molar-refractivity contribution in [3.05, 3.63) is 59.2 Å². The summed E-state index contributed by atoms with van der Waals surface area (Å²) >= 11 is 0. The summed E-state index contributed by atoms with van der Waals surface area (Å²) in [5, 5.41) is 9.00. The van der Waals surface area contributed by atoms with Crippen LogP contribution in [0.5, 0.6) is 0 Å². The van der Waals surface area contributed by atoms with Crippen LogP contribution in [-0.4, -0.2) is 26.8 Å². The second-order valence-corrected chi connectivity index (χ2v) is 3.70. The van der Waals surface area contributed by atoms with Crippen molar-refractivity contribution in [1.82, 2.24) is 9.97 Å². The van der Waals surface area contributed by atoms with Crippen LogP contribution in [0.15, 0.2) is 36.5 Å². The van der Waals surface area contributed by atoms with Gasteiger partial charge in [-0.05, 0) is 31.2 Å². The van der Waals surface area contributed by atoms with Crippen LogP contribution in [0.2, 0.25) is 0 Å². The third kappa shape index (κ3) is 2.24. The summed E-state index contributed by atoms with van der Waals surface area (Å²) in [7, 11) is 0. The number of carboxylic acid groups (broad SMARTS) is 1. The summed E-state index contributed by atoms with van der Waals surface area (Å²) in [5.74, 6) is -1.67. The molecule has 0 fully saturated rings. The Balaban J connectivity index is 2.50. The van der Waals surface area contributed by atoms with Crippen molar-refractivity contribution in [2.45, 2.75) is 6.92 Å². The number of aromatic carboxylic acids is 1. The van der Waals surface area contributed by atoms with Gasteiger partial charge in [0.2, 0.25) is 5.78 Å². The Morgan fingerprint density at radius 1 is 1.17 bits per heavy atom. The molecule has 2 aromatic heterocycles. The van der Waals surface area contributed by atoms with Crippen molar-refractivity contribution < 1.29 is 14.7 Å². The van der Waals surface area contributed by atoms with Gasteiger partial charge in [0.15, 0.2) is 0 Å². The average Bonchev–Trinajstić information content (AvgIpc) is 2.38. The van der Waals surface area contributed by atoms with Crippen molar-refractivity contribution in [1.29, 1.82) is 0 Å². The Hall–Kier alpha value is -2.56. The van der Waals surface area contributed by atoms with Gasteiger partial charge in [0, 0.05) is 11.9 Å². The number of rotatable bonds is 3. The zero-order valence-electron chi connectivity index (χ0n) is 9.62. The maximum Gasteiger partial charge on any atom is 0.338 e. The standard InChI is InChI=1S/C13H10N2O3/c1-8-4-2-6-10(15-8)12(16)11-9(13(17)18)5-3-7-14-11/h2-7H,1H3,(H,17,18). The molecule has 0 saturated carbocycles. The highest BCUT2D eigenvalue weighted by atomic mass is 16.4. The third-order valence-corrected chi connectivity index (χ3v) is 2.37. The maximum atomic E-state index is 12.1. The molecule has 0 aliphatic rings. The molecule has 0 saturated heterocycles. The van der Waals surface area contributed by atoms with Crippen LogP contribution in [0, 0.1) is 6.92 Å². The summed E-state index contributed by atoms with van der Waals surface area (Å²) in [6.45, 7) is 1.76. The number of nitrogens with zero attached hydrogens (tertiary/aromatic N) is 2. The number of carboxylic acids is 1. The van der Waals surface area contributed by atoms with E-state index in [1.807, 2.05) is 0 Å². The number of pyridine rings is 2. The molecule has 0 amide bonds. The van der Waals surface area contributed by atoms with Crippen molar-refractivity contribution in [2.24, 2.45) is 0 Å². The first-order valence-electron chi connectivity index (χ1n) is 5.26. The molecule has 0 bridgehead atoms. The van der Waals surface area contributed by atoms with Crippen molar-refractivity contribution >= 4 is 11.8 Å². The highest BCUT2D eigenvalue weighted by molar-refractivity contribution is 6.11. The van der Waals surface area contributed by atoms with E-state index < -0.39 is 11.8 Å². The van der Waals surface area contributed by atoms with Crippen molar-refractivity contribution in [2.75, 3.05) is 0 Å². The Kier molecular flexibility index (Phi) is 3.14. The Morgan fingerprint density at radius 2 is 1.94 bits per heavy atom. The van der Waals surface area contributed by atoms with Crippen molar-refractivity contribution in [3.8, 4) is 0 Å². The molecular weight excluding hydrogens is 232 g/mol. The molecule has 2 aromatic rings. The lowest BCUT2D eigenvalue weighted by Crippen LogP contribution is -2.13. The lowest BCUT2D eigenvalue weighted by Gasteiger charge is -2.03. The monoisotopic (exact) mass is 242 g/mol. The van der Waals surface area contributed by atoms with Crippen LogP contribution in [-0.2, 0) is 0 Å². The second kappa shape index (κ2) is 4.75. The molecule has 5 heteroatoms. The smallest absolute Gasteiger partial charge is 0.338 e. The van der Waals surface area contributed by atoms with E-state index >= 15 is 0 Å². The van der Waals surface area contributed by atoms with Gasteiger partial charge in [-0.15, -0.1) is 0 Å². The minimum atomic E-state index is -1.18. The van der Waals surface area contributed by atoms with E-state index in [1.54, 1.807) is 19.1 Å². The third-order valence-electron chi connectivity index (χ3n) is 2.37. The minimum Gasteiger partial charge on any atom is -0.478 e. The molecule has 0 aliphatic carbocycles. The minimum absolute atomic E-state index is 0.0944. The number of hydrogen-bond donors (Lipinski definition) is 1. The number of ketones is 1. The largest absolute Gasteiger partial charge is 0.478 e. The first-order valence-corrected chi connectivity index (χ1v) is 5.26. The quantitative estimate of drug-likeness (QED) is 0.829. The van der Waals surface area contributed by atoms with E-state index in [0.29, 0.717) is 5.69 Å². The molecule has 0 radical (unpaired) electrons. The van der Waals surface area contributed by atoms with Gasteiger partial charge in [-0.1, -0.05) is 6.07 Å². The Morgan fingerprint density at radius 3 is 2.61 bits per heavy atom. The second-order valence-electron chi connectivity index (χ2n) is 3.70. The van der Waals surface area contributed by atoms with Crippen LogP contribution in [0.1, 0.15) is 32.2 Å². The number of aromatic nitrogens is 2. The molecular formula is C13H10N2O3. The molecule has 90 valence electrons. The fourth-order valence-corrected chi connectivity index (χ4v) is 1.55. The number of carbonyl (C=O) groups excluding carboxylic acids is 1. The normalized spacial score (nSPS) is 10.1. The predicted octanol–water partition coefficient (Wildman–Crippen LogP) is 1.71. The van der Waals surface area contributed by atoms with Crippen LogP contribution >= 0.6 is 0 Å². The zero-order valence-corrected chi connectivity index (χ0v) is 9.62. The van der Waals surface area contributed by atoms with Crippen LogP contribution in [0.4, 0.5) is 0 Å². The number of hydrogen-bond acceptors (Lipinski definition) is 4. The van der Waals surface area contributed by atoms with Gasteiger partial charge in [0.05, 0.1) is 5.56 Å². The zero-order chi connectivity index (χ0) is 13.1. The summed E-state index contributed by atoms with van der Waals surface area (Å²) in [4.78, 5) is 31.1. The highest BCUT2D eigenvalue weighted by Crippen LogP contribution is 2.11. The van der Waals surface area contributed by atoms with Gasteiger partial charge in [-0.2, -0.15) is 0 Å². The first-order chi connectivity index (χ1) is 8.59. The fraction of sp³-hybridized carbons (Fsp3) is 0.0769. The van der Waals surface area contributed by atoms with E-state index in [0.717, 1.165) is 0 Å². The van der Waals surface area contributed by atoms with E-state index in [4.69, 9.17) is 5.11 Å². The van der Waals surface area contributed by atoms with E-state index in [9.17, 15) is 9.59 Å². The SMILES string of the molecule is Cc1cccc(C(=O)c2ncccc2C(=O)O)n1. The van der Waals surface area contributed by atoms with Crippen molar-refractivity contribution in [3.63, 3.8) is 0 Å². The molecule has 1 N–H and O–H groups in total. The first kappa shape index (κ1) is 11.9. The number of carbonyl (C=O) groups is 2. The van der Waals surface area contributed by atoms with Gasteiger partial charge in [0.25, 0.3) is 0 Å². The van der Waals surface area contributed by atoms with E-state index in [-0.39, 0.29) is 17.0 Å². The lowest BCUT2D eigenvalue weighted by atomic mass is 10.1. The lowest BCUT2D eigenvalue weighted by molar-refractivity contribution is 0.0692. The van der Waals surface area contributed by atoms with E-state index in [1.165, 1.54) is 24.4 Å². The van der Waals surface area contributed by atoms with Crippen LogP contribution in [0.25, 0.3) is 0 Å². The van der Waals surface area contributed by atoms with E-state index in [2.05, 4.69) is 9.97 Å². The van der Waals surface area contributed by atoms with Crippen LogP contribution in [0.3, 0.4) is 0 Å². The molecule has 0 aliphatic heterocycles. The Labute approximate surface area is 103 Å². The van der Waals surface area contributed by atoms with Gasteiger partial charge in [-0.25, -0.2) is 9.78 Å². The van der Waals surface area contributed by atoms with Gasteiger partial charge in [-0.3, -0.25) is 9.78 Å². The fourth-order valence-electron chi connectivity index (χ4n) is 1.55. The molecule has 0 aromatic carbocycles. The predicted molar refractivity (Wildman–Crippen MR) is 63.6 cm³/mol. The van der Waals surface area contributed by atoms with Crippen LogP contribution < -0.4 is 0 Å². The molecule has 0 spiro atoms. The summed E-state index contributed by atoms with van der Waals surface area (Å²) in [5.41, 5.74) is 0.666. The summed E-state index contributed by atoms with van der Waals surface area (Å²) in [6.07, 6.45) is 1.38. The molecule has 0 atom stereocenters. The Bertz CT molecular complexity index is 623. The highest BCUT2D eigenvalue weighted by Gasteiger charge is 2.19. The molecule has 2 heterocycles. The van der Waals surface area contributed by atoms with Gasteiger partial charge < -0.3 is 5.11 Å². The molecule has 18 heavy (non-hydrogen) atoms. The number of aryl methyl sites for hydroxylation is 1. The maximum absolute atomic E-state index is 12.1. The topological polar surface area (TPSA) is 80.2 Å². The van der Waals surface area contributed by atoms with Gasteiger partial charge >= 0.3 is 5.97 Å². The van der Waals surface area contributed by atoms with Gasteiger partial charge in [0.1, 0.15) is 11.4 Å². The molecule has 2 rings (SSSR count). The average molecular weight is 242 g/mol. The molecule has 5 nitrogen and oxygen atoms in total. The summed E-state index contributed by atoms with van der Waals surface area (Å²) in [6, 6.07) is 7.81.